The summed E-state index contributed by atoms with van der Waals surface area (Å²) >= 11 is 0. The smallest absolute Gasteiger partial charge is 0.261 e. The number of H-pyrrole nitrogens is 1. The van der Waals surface area contributed by atoms with E-state index in [0.29, 0.717) is 29.4 Å². The van der Waals surface area contributed by atoms with E-state index in [0.717, 1.165) is 4.90 Å². The van der Waals surface area contributed by atoms with Gasteiger partial charge in [0, 0.05) is 11.8 Å². The first kappa shape index (κ1) is 15.1. The summed E-state index contributed by atoms with van der Waals surface area (Å²) in [6, 6.07) is 7.04. The number of aromatic amines is 1. The quantitative estimate of drug-likeness (QED) is 0.706. The second-order valence-electron chi connectivity index (χ2n) is 5.95. The van der Waals surface area contributed by atoms with Crippen LogP contribution in [0.15, 0.2) is 29.1 Å². The molecule has 6 nitrogen and oxygen atoms in total. The molecule has 3 rings (SSSR count). The summed E-state index contributed by atoms with van der Waals surface area (Å²) in [5, 5.41) is 11.0. The third kappa shape index (κ3) is 2.74. The molecule has 1 aliphatic heterocycles. The van der Waals surface area contributed by atoms with Gasteiger partial charge in [-0.25, -0.2) is 8.42 Å². The van der Waals surface area contributed by atoms with Gasteiger partial charge in [0.2, 0.25) is 0 Å². The minimum atomic E-state index is -2.96. The third-order valence-corrected chi connectivity index (χ3v) is 6.14. The first-order chi connectivity index (χ1) is 10.4. The molecule has 0 saturated carbocycles. The van der Waals surface area contributed by atoms with Crippen LogP contribution in [-0.2, 0) is 16.4 Å². The normalized spacial score (nSPS) is 22.0. The van der Waals surface area contributed by atoms with Gasteiger partial charge in [-0.15, -0.1) is 0 Å². The molecule has 0 radical (unpaired) electrons. The molecular weight excluding hydrogens is 304 g/mol. The Labute approximate surface area is 128 Å². The molecule has 0 spiro atoms. The van der Waals surface area contributed by atoms with Crippen molar-refractivity contribution in [3.05, 3.63) is 40.2 Å². The fourth-order valence-corrected chi connectivity index (χ4v) is 4.91. The fourth-order valence-electron chi connectivity index (χ4n) is 3.04. The number of fused-ring (bicyclic) bond motifs is 1. The van der Waals surface area contributed by atoms with Crippen LogP contribution >= 0.6 is 0 Å². The second kappa shape index (κ2) is 5.40. The van der Waals surface area contributed by atoms with Gasteiger partial charge in [0.05, 0.1) is 18.3 Å². The van der Waals surface area contributed by atoms with Crippen LogP contribution in [0.1, 0.15) is 12.0 Å². The van der Waals surface area contributed by atoms with Gasteiger partial charge < -0.3 is 15.0 Å². The Balaban J connectivity index is 1.92. The van der Waals surface area contributed by atoms with Crippen molar-refractivity contribution < 1.29 is 18.4 Å². The molecule has 7 heteroatoms. The van der Waals surface area contributed by atoms with Crippen molar-refractivity contribution in [2.24, 2.45) is 0 Å². The highest BCUT2D eigenvalue weighted by molar-refractivity contribution is 7.91. The molecule has 1 aromatic heterocycles. The third-order valence-electron chi connectivity index (χ3n) is 4.38. The predicted octanol–water partition coefficient (Wildman–Crippen LogP) is -0.564. The molecule has 3 N–H and O–H groups in total. The fraction of sp³-hybridized carbons (Fsp3) is 0.400. The largest absolute Gasteiger partial charge is 0.507 e. The van der Waals surface area contributed by atoms with Crippen LogP contribution in [0, 0.1) is 0 Å². The Morgan fingerprint density at radius 1 is 1.36 bits per heavy atom. The summed E-state index contributed by atoms with van der Waals surface area (Å²) in [6.45, 7) is 0.298. The summed E-state index contributed by atoms with van der Waals surface area (Å²) in [6.07, 6.45) is 0.598. The second-order valence-corrected chi connectivity index (χ2v) is 8.18. The highest BCUT2D eigenvalue weighted by Crippen LogP contribution is 2.23. The van der Waals surface area contributed by atoms with Gasteiger partial charge in [0.1, 0.15) is 29.7 Å². The maximum atomic E-state index is 12.2. The summed E-state index contributed by atoms with van der Waals surface area (Å²) in [7, 11) is -1.10. The summed E-state index contributed by atoms with van der Waals surface area (Å²) in [4.78, 5) is 15.9. The van der Waals surface area contributed by atoms with Crippen LogP contribution in [0.4, 0.5) is 0 Å². The van der Waals surface area contributed by atoms with Gasteiger partial charge in [-0.3, -0.25) is 4.79 Å². The van der Waals surface area contributed by atoms with E-state index in [4.69, 9.17) is 0 Å². The van der Waals surface area contributed by atoms with Crippen LogP contribution in [0.3, 0.4) is 0 Å². The van der Waals surface area contributed by atoms with Crippen LogP contribution in [0.2, 0.25) is 0 Å². The van der Waals surface area contributed by atoms with E-state index >= 15 is 0 Å². The lowest BCUT2D eigenvalue weighted by Crippen LogP contribution is -3.12. The van der Waals surface area contributed by atoms with Crippen molar-refractivity contribution in [3.63, 3.8) is 0 Å². The Morgan fingerprint density at radius 3 is 2.77 bits per heavy atom. The van der Waals surface area contributed by atoms with Crippen LogP contribution in [-0.4, -0.2) is 43.1 Å². The Morgan fingerprint density at radius 2 is 2.09 bits per heavy atom. The molecule has 0 aliphatic carbocycles. The van der Waals surface area contributed by atoms with Gasteiger partial charge in [-0.2, -0.15) is 0 Å². The van der Waals surface area contributed by atoms with Crippen molar-refractivity contribution in [2.75, 3.05) is 18.6 Å². The van der Waals surface area contributed by atoms with E-state index in [1.807, 2.05) is 7.05 Å². The lowest BCUT2D eigenvalue weighted by Gasteiger charge is -2.20. The summed E-state index contributed by atoms with van der Waals surface area (Å²) in [5.74, 6) is 0.333. The van der Waals surface area contributed by atoms with E-state index in [-0.39, 0.29) is 28.9 Å². The first-order valence-corrected chi connectivity index (χ1v) is 9.05. The molecule has 2 aromatic rings. The highest BCUT2D eigenvalue weighted by Gasteiger charge is 2.34. The number of para-hydroxylation sites is 1. The van der Waals surface area contributed by atoms with Crippen LogP contribution in [0.5, 0.6) is 5.75 Å². The number of pyridine rings is 1. The van der Waals surface area contributed by atoms with Crippen LogP contribution in [0.25, 0.3) is 10.9 Å². The highest BCUT2D eigenvalue weighted by atomic mass is 32.2. The maximum absolute atomic E-state index is 12.2. The Bertz CT molecular complexity index is 873. The number of aromatic hydroxyl groups is 1. The molecule has 1 fully saturated rings. The number of nitrogens with one attached hydrogen (secondary N) is 2. The average Bonchev–Trinajstić information content (AvgIpc) is 2.83. The van der Waals surface area contributed by atoms with Crippen molar-refractivity contribution in [2.45, 2.75) is 19.0 Å². The molecule has 1 aliphatic rings. The molecule has 1 unspecified atom stereocenters. The molecule has 1 aromatic carbocycles. The zero-order valence-corrected chi connectivity index (χ0v) is 13.1. The first-order valence-electron chi connectivity index (χ1n) is 7.23. The van der Waals surface area contributed by atoms with Crippen molar-refractivity contribution in [1.82, 2.24) is 4.98 Å². The number of rotatable bonds is 3. The molecule has 118 valence electrons. The zero-order chi connectivity index (χ0) is 15.9. The summed E-state index contributed by atoms with van der Waals surface area (Å²) in [5.41, 5.74) is 0.576. The maximum Gasteiger partial charge on any atom is 0.261 e. The lowest BCUT2D eigenvalue weighted by molar-refractivity contribution is -0.916. The predicted molar refractivity (Wildman–Crippen MR) is 83.9 cm³/mol. The Kier molecular flexibility index (Phi) is 3.70. The van der Waals surface area contributed by atoms with E-state index < -0.39 is 9.84 Å². The monoisotopic (exact) mass is 323 g/mol. The van der Waals surface area contributed by atoms with Crippen molar-refractivity contribution in [3.8, 4) is 5.75 Å². The molecule has 1 saturated heterocycles. The number of benzene rings is 1. The van der Waals surface area contributed by atoms with Gasteiger partial charge >= 0.3 is 0 Å². The van der Waals surface area contributed by atoms with E-state index in [2.05, 4.69) is 4.98 Å². The molecular formula is C15H19N2O4S+. The molecule has 2 atom stereocenters. The molecule has 0 amide bonds. The number of quaternary nitrogens is 1. The number of hydrogen-bond acceptors (Lipinski definition) is 4. The number of aromatic nitrogens is 1. The van der Waals surface area contributed by atoms with Crippen molar-refractivity contribution >= 4 is 20.7 Å². The Hall–Kier alpha value is -1.86. The van der Waals surface area contributed by atoms with E-state index in [1.54, 1.807) is 24.3 Å². The number of hydrogen-bond donors (Lipinski definition) is 3. The van der Waals surface area contributed by atoms with E-state index in [1.165, 1.54) is 0 Å². The van der Waals surface area contributed by atoms with Gasteiger partial charge in [-0.1, -0.05) is 12.1 Å². The zero-order valence-electron chi connectivity index (χ0n) is 12.3. The molecule has 22 heavy (non-hydrogen) atoms. The van der Waals surface area contributed by atoms with Gasteiger partial charge in [0.15, 0.2) is 9.84 Å². The SMILES string of the molecule is C[NH+](Cc1c(O)c2ccccc2[nH]c1=O)[C@@H]1CCS(=O)(=O)C1. The summed E-state index contributed by atoms with van der Waals surface area (Å²) < 4.78 is 23.2. The lowest BCUT2D eigenvalue weighted by atomic mass is 10.1. The molecule has 2 heterocycles. The topological polar surface area (TPSA) is 91.7 Å². The minimum Gasteiger partial charge on any atom is -0.507 e. The van der Waals surface area contributed by atoms with Gasteiger partial charge in [-0.05, 0) is 12.1 Å². The van der Waals surface area contributed by atoms with Crippen LogP contribution < -0.4 is 10.5 Å². The van der Waals surface area contributed by atoms with E-state index in [9.17, 15) is 18.3 Å². The number of sulfone groups is 1. The average molecular weight is 323 g/mol. The minimum absolute atomic E-state index is 0.0143. The van der Waals surface area contributed by atoms with Gasteiger partial charge in [0.25, 0.3) is 5.56 Å². The van der Waals surface area contributed by atoms with Crippen molar-refractivity contribution in [1.29, 1.82) is 0 Å². The standard InChI is InChI=1S/C15H18N2O4S/c1-17(10-6-7-22(20,21)9-10)8-12-14(18)11-4-2-3-5-13(11)16-15(12)19/h2-5,10H,6-9H2,1H3,(H2,16,18,19)/p+1/t10-/m1/s1. The molecule has 0 bridgehead atoms.